The van der Waals surface area contributed by atoms with Gasteiger partial charge in [0.2, 0.25) is 5.91 Å². The highest BCUT2D eigenvalue weighted by molar-refractivity contribution is 5.95. The Hall–Kier alpha value is -2.64. The van der Waals surface area contributed by atoms with Crippen molar-refractivity contribution in [2.24, 2.45) is 0 Å². The van der Waals surface area contributed by atoms with Crippen LogP contribution in [-0.2, 0) is 17.9 Å². The molecule has 2 aromatic rings. The van der Waals surface area contributed by atoms with Crippen molar-refractivity contribution in [3.05, 3.63) is 35.3 Å². The summed E-state index contributed by atoms with van der Waals surface area (Å²) >= 11 is 0. The van der Waals surface area contributed by atoms with Crippen molar-refractivity contribution in [3.63, 3.8) is 0 Å². The van der Waals surface area contributed by atoms with Gasteiger partial charge < -0.3 is 18.8 Å². The molecule has 0 spiro atoms. The summed E-state index contributed by atoms with van der Waals surface area (Å²) in [6.45, 7) is 6.66. The summed E-state index contributed by atoms with van der Waals surface area (Å²) in [6.07, 6.45) is 3.53. The summed E-state index contributed by atoms with van der Waals surface area (Å²) in [6, 6.07) is 1.71. The molecular weight excluding hydrogens is 334 g/mol. The van der Waals surface area contributed by atoms with Crippen LogP contribution in [0.3, 0.4) is 0 Å². The van der Waals surface area contributed by atoms with Gasteiger partial charge in [0, 0.05) is 39.0 Å². The van der Waals surface area contributed by atoms with Crippen LogP contribution in [-0.4, -0.2) is 56.0 Å². The second-order valence-electron chi connectivity index (χ2n) is 7.05. The second-order valence-corrected chi connectivity index (χ2v) is 7.05. The number of carbonyl (C=O) groups excluding carboxylic acids is 2. The van der Waals surface area contributed by atoms with E-state index in [9.17, 15) is 9.59 Å². The van der Waals surface area contributed by atoms with E-state index in [1.807, 2.05) is 4.90 Å². The van der Waals surface area contributed by atoms with E-state index in [1.165, 1.54) is 6.26 Å². The van der Waals surface area contributed by atoms with Gasteiger partial charge in [-0.2, -0.15) is 0 Å². The Balaban J connectivity index is 1.51. The molecule has 138 valence electrons. The molecule has 4 rings (SSSR count). The Kier molecular flexibility index (Phi) is 4.26. The molecule has 8 heteroatoms. The number of likely N-dealkylation sites (tertiary alicyclic amines) is 1. The van der Waals surface area contributed by atoms with Crippen molar-refractivity contribution >= 4 is 11.8 Å². The highest BCUT2D eigenvalue weighted by Crippen LogP contribution is 2.28. The number of aryl methyl sites for hydroxylation is 1. The Bertz CT molecular complexity index is 840. The Morgan fingerprint density at radius 2 is 2.04 bits per heavy atom. The molecule has 0 bridgehead atoms. The van der Waals surface area contributed by atoms with Gasteiger partial charge in [-0.1, -0.05) is 0 Å². The van der Waals surface area contributed by atoms with E-state index in [0.29, 0.717) is 37.5 Å². The molecule has 1 saturated heterocycles. The lowest BCUT2D eigenvalue weighted by Gasteiger charge is -2.33. The molecule has 8 nitrogen and oxygen atoms in total. The highest BCUT2D eigenvalue weighted by Gasteiger charge is 2.31. The van der Waals surface area contributed by atoms with E-state index < -0.39 is 0 Å². The monoisotopic (exact) mass is 357 g/mol. The number of nitrogens with zero attached hydrogens (tertiary/aromatic N) is 5. The molecule has 2 amide bonds. The molecule has 2 aliphatic rings. The minimum atomic E-state index is -0.0347. The van der Waals surface area contributed by atoms with Gasteiger partial charge in [0.05, 0.1) is 18.4 Å². The van der Waals surface area contributed by atoms with Crippen molar-refractivity contribution in [2.45, 2.75) is 45.7 Å². The van der Waals surface area contributed by atoms with E-state index in [4.69, 9.17) is 4.42 Å². The molecule has 2 aromatic heterocycles. The molecule has 0 aliphatic carbocycles. The summed E-state index contributed by atoms with van der Waals surface area (Å²) in [4.78, 5) is 28.0. The average Bonchev–Trinajstić information content (AvgIpc) is 3.26. The van der Waals surface area contributed by atoms with Crippen molar-refractivity contribution in [2.75, 3.05) is 19.6 Å². The number of hydrogen-bond acceptors (Lipinski definition) is 5. The zero-order chi connectivity index (χ0) is 18.3. The van der Waals surface area contributed by atoms with E-state index in [-0.39, 0.29) is 17.7 Å². The average molecular weight is 357 g/mol. The van der Waals surface area contributed by atoms with Crippen molar-refractivity contribution in [1.29, 1.82) is 0 Å². The Labute approximate surface area is 151 Å². The largest absolute Gasteiger partial charge is 0.469 e. The fourth-order valence-electron chi connectivity index (χ4n) is 3.91. The number of amides is 2. The normalized spacial score (nSPS) is 20.2. The van der Waals surface area contributed by atoms with Crippen LogP contribution in [0.25, 0.3) is 0 Å². The Morgan fingerprint density at radius 3 is 2.77 bits per heavy atom. The SMILES string of the molecule is CC(=O)N1CCCC(c2nnc3n2CCN(C(=O)c2ccoc2C)C3)C1. The minimum absolute atomic E-state index is 0.0347. The van der Waals surface area contributed by atoms with E-state index >= 15 is 0 Å². The number of piperidine rings is 1. The lowest BCUT2D eigenvalue weighted by atomic mass is 9.97. The Morgan fingerprint density at radius 1 is 1.19 bits per heavy atom. The van der Waals surface area contributed by atoms with Crippen LogP contribution >= 0.6 is 0 Å². The first-order chi connectivity index (χ1) is 12.5. The van der Waals surface area contributed by atoms with Crippen LogP contribution in [0.1, 0.15) is 53.5 Å². The van der Waals surface area contributed by atoms with Gasteiger partial charge in [-0.3, -0.25) is 9.59 Å². The number of furan rings is 1. The molecule has 2 aliphatic heterocycles. The molecule has 0 aromatic carbocycles. The van der Waals surface area contributed by atoms with Crippen molar-refractivity contribution < 1.29 is 14.0 Å². The van der Waals surface area contributed by atoms with Gasteiger partial charge in [0.15, 0.2) is 5.82 Å². The first-order valence-electron chi connectivity index (χ1n) is 9.05. The first kappa shape index (κ1) is 16.8. The maximum atomic E-state index is 12.7. The number of aromatic nitrogens is 3. The molecular formula is C18H23N5O3. The first-order valence-corrected chi connectivity index (χ1v) is 9.05. The second kappa shape index (κ2) is 6.59. The number of carbonyl (C=O) groups is 2. The van der Waals surface area contributed by atoms with Gasteiger partial charge in [-0.25, -0.2) is 0 Å². The van der Waals surface area contributed by atoms with Gasteiger partial charge in [-0.15, -0.1) is 10.2 Å². The van der Waals surface area contributed by atoms with E-state index in [1.54, 1.807) is 24.8 Å². The molecule has 1 atom stereocenters. The third-order valence-corrected chi connectivity index (χ3v) is 5.39. The van der Waals surface area contributed by atoms with Crippen LogP contribution in [0, 0.1) is 6.92 Å². The predicted octanol–water partition coefficient (Wildman–Crippen LogP) is 1.56. The molecule has 0 radical (unpaired) electrons. The van der Waals surface area contributed by atoms with Crippen LogP contribution in [0.5, 0.6) is 0 Å². The summed E-state index contributed by atoms with van der Waals surface area (Å²) < 4.78 is 7.37. The summed E-state index contributed by atoms with van der Waals surface area (Å²) in [5, 5.41) is 8.74. The third kappa shape index (κ3) is 2.89. The molecule has 4 heterocycles. The smallest absolute Gasteiger partial charge is 0.257 e. The van der Waals surface area contributed by atoms with Gasteiger partial charge in [0.25, 0.3) is 5.91 Å². The lowest BCUT2D eigenvalue weighted by molar-refractivity contribution is -0.130. The molecule has 26 heavy (non-hydrogen) atoms. The van der Waals surface area contributed by atoms with Gasteiger partial charge in [0.1, 0.15) is 11.6 Å². The molecule has 1 fully saturated rings. The summed E-state index contributed by atoms with van der Waals surface area (Å²) in [7, 11) is 0. The predicted molar refractivity (Wildman–Crippen MR) is 92.4 cm³/mol. The fourth-order valence-corrected chi connectivity index (χ4v) is 3.91. The molecule has 0 saturated carbocycles. The topological polar surface area (TPSA) is 84.5 Å². The maximum absolute atomic E-state index is 12.7. The van der Waals surface area contributed by atoms with Crippen LogP contribution in [0.15, 0.2) is 16.7 Å². The van der Waals surface area contributed by atoms with Crippen LogP contribution in [0.2, 0.25) is 0 Å². The van der Waals surface area contributed by atoms with E-state index in [0.717, 1.165) is 31.0 Å². The zero-order valence-electron chi connectivity index (χ0n) is 15.1. The van der Waals surface area contributed by atoms with E-state index in [2.05, 4.69) is 14.8 Å². The summed E-state index contributed by atoms with van der Waals surface area (Å²) in [5.74, 6) is 2.67. The number of hydrogen-bond donors (Lipinski definition) is 0. The summed E-state index contributed by atoms with van der Waals surface area (Å²) in [5.41, 5.74) is 0.600. The van der Waals surface area contributed by atoms with Crippen LogP contribution in [0.4, 0.5) is 0 Å². The minimum Gasteiger partial charge on any atom is -0.469 e. The van der Waals surface area contributed by atoms with Crippen molar-refractivity contribution in [3.8, 4) is 0 Å². The van der Waals surface area contributed by atoms with Crippen molar-refractivity contribution in [1.82, 2.24) is 24.6 Å². The number of fused-ring (bicyclic) bond motifs is 1. The zero-order valence-corrected chi connectivity index (χ0v) is 15.1. The third-order valence-electron chi connectivity index (χ3n) is 5.39. The van der Waals surface area contributed by atoms with Gasteiger partial charge >= 0.3 is 0 Å². The van der Waals surface area contributed by atoms with Crippen LogP contribution < -0.4 is 0 Å². The molecule has 1 unspecified atom stereocenters. The highest BCUT2D eigenvalue weighted by atomic mass is 16.3. The maximum Gasteiger partial charge on any atom is 0.257 e. The van der Waals surface area contributed by atoms with Gasteiger partial charge in [-0.05, 0) is 25.8 Å². The lowest BCUT2D eigenvalue weighted by Crippen LogP contribution is -2.41. The quantitative estimate of drug-likeness (QED) is 0.814. The standard InChI is InChI=1S/C18H23N5O3/c1-12-15(5-9-26-12)18(25)22-7-8-23-16(11-22)19-20-17(23)14-4-3-6-21(10-14)13(2)24/h5,9,14H,3-4,6-8,10-11H2,1-2H3. The molecule has 0 N–H and O–H groups in total. The fraction of sp³-hybridized carbons (Fsp3) is 0.556. The number of rotatable bonds is 2.